The Morgan fingerprint density at radius 1 is 1.15 bits per heavy atom. The van der Waals surface area contributed by atoms with E-state index in [1.54, 1.807) is 11.8 Å². The minimum absolute atomic E-state index is 0.000358. The molecule has 2 saturated heterocycles. The summed E-state index contributed by atoms with van der Waals surface area (Å²) in [5.74, 6) is 2.56. The second-order valence-electron chi connectivity index (χ2n) is 9.95. The zero-order chi connectivity index (χ0) is 23.8. The molecule has 0 unspecified atom stereocenters. The van der Waals surface area contributed by atoms with Crippen molar-refractivity contribution in [2.45, 2.75) is 77.3 Å². The average Bonchev–Trinajstić information content (AvgIpc) is 3.59. The normalized spacial score (nSPS) is 21.9. The molecule has 10 nitrogen and oxygen atoms in total. The van der Waals surface area contributed by atoms with E-state index >= 15 is 0 Å². The summed E-state index contributed by atoms with van der Waals surface area (Å²) in [5, 5.41) is 14.1. The lowest BCUT2D eigenvalue weighted by atomic mass is 10.1. The van der Waals surface area contributed by atoms with Gasteiger partial charge in [0.1, 0.15) is 11.9 Å². The number of amides is 2. The van der Waals surface area contributed by atoms with E-state index in [0.29, 0.717) is 25.0 Å². The van der Waals surface area contributed by atoms with Crippen molar-refractivity contribution < 1.29 is 9.59 Å². The maximum Gasteiger partial charge on any atom is 0.243 e. The van der Waals surface area contributed by atoms with Gasteiger partial charge in [0.05, 0.1) is 5.69 Å². The highest BCUT2D eigenvalue weighted by Crippen LogP contribution is 2.32. The van der Waals surface area contributed by atoms with Gasteiger partial charge >= 0.3 is 0 Å². The van der Waals surface area contributed by atoms with Gasteiger partial charge in [-0.05, 0) is 44.4 Å². The molecule has 2 aromatic rings. The minimum atomic E-state index is -0.295. The molecule has 3 aliphatic rings. The fourth-order valence-electron chi connectivity index (χ4n) is 5.21. The number of carbonyl (C=O) groups is 2. The second-order valence-corrected chi connectivity index (χ2v) is 9.95. The van der Waals surface area contributed by atoms with Gasteiger partial charge in [-0.3, -0.25) is 14.7 Å². The highest BCUT2D eigenvalue weighted by molar-refractivity contribution is 5.86. The van der Waals surface area contributed by atoms with Crippen LogP contribution in [0.5, 0.6) is 0 Å². The molecule has 10 heteroatoms. The van der Waals surface area contributed by atoms with Crippen molar-refractivity contribution in [2.24, 2.45) is 0 Å². The topological polar surface area (TPSA) is 119 Å². The lowest BCUT2D eigenvalue weighted by Crippen LogP contribution is -2.48. The van der Waals surface area contributed by atoms with Crippen molar-refractivity contribution >= 4 is 29.4 Å². The number of H-pyrrole nitrogens is 1. The third-order valence-corrected chi connectivity index (χ3v) is 7.18. The molecule has 5 rings (SSSR count). The number of aryl methyl sites for hydroxylation is 1. The van der Waals surface area contributed by atoms with Gasteiger partial charge in [0.2, 0.25) is 17.8 Å². The molecule has 182 valence electrons. The number of rotatable bonds is 6. The standard InChI is InChI=1S/C24H34N8O2/c1-14(2)19-12-21(30-29-19)27-22-17-6-4-7-18(17)26-24(28-22)32-10-5-8-20(32)23(34)25-16-9-11-31(13-16)15(3)33/h12,14,16,20H,4-11,13H2,1-3H3,(H,25,34)(H2,26,27,28,29,30)/t16-,20+/m1/s1. The third-order valence-electron chi connectivity index (χ3n) is 7.18. The quantitative estimate of drug-likeness (QED) is 0.597. The van der Waals surface area contributed by atoms with Crippen LogP contribution in [0, 0.1) is 0 Å². The molecule has 2 aromatic heterocycles. The van der Waals surface area contributed by atoms with Crippen LogP contribution in [-0.4, -0.2) is 68.6 Å². The van der Waals surface area contributed by atoms with Crippen LogP contribution in [0.1, 0.15) is 69.3 Å². The highest BCUT2D eigenvalue weighted by Gasteiger charge is 2.36. The first-order valence-corrected chi connectivity index (χ1v) is 12.4. The van der Waals surface area contributed by atoms with Crippen LogP contribution in [0.4, 0.5) is 17.6 Å². The first kappa shape index (κ1) is 22.6. The molecule has 0 spiro atoms. The van der Waals surface area contributed by atoms with Crippen molar-refractivity contribution in [3.8, 4) is 0 Å². The Morgan fingerprint density at radius 2 is 2.00 bits per heavy atom. The second kappa shape index (κ2) is 9.23. The number of hydrogen-bond acceptors (Lipinski definition) is 7. The summed E-state index contributed by atoms with van der Waals surface area (Å²) < 4.78 is 0. The first-order chi connectivity index (χ1) is 16.4. The van der Waals surface area contributed by atoms with Crippen molar-refractivity contribution in [3.05, 3.63) is 23.0 Å². The Hall–Kier alpha value is -3.17. The summed E-state index contributed by atoms with van der Waals surface area (Å²) in [5.41, 5.74) is 3.28. The van der Waals surface area contributed by atoms with Crippen molar-refractivity contribution in [2.75, 3.05) is 29.9 Å². The minimum Gasteiger partial charge on any atom is -0.350 e. The molecule has 0 bridgehead atoms. The smallest absolute Gasteiger partial charge is 0.243 e. The Labute approximate surface area is 199 Å². The van der Waals surface area contributed by atoms with Gasteiger partial charge in [-0.15, -0.1) is 0 Å². The van der Waals surface area contributed by atoms with Crippen molar-refractivity contribution in [1.82, 2.24) is 30.4 Å². The van der Waals surface area contributed by atoms with Crippen LogP contribution in [0.15, 0.2) is 6.07 Å². The summed E-state index contributed by atoms with van der Waals surface area (Å²) in [7, 11) is 0. The maximum absolute atomic E-state index is 13.2. The van der Waals surface area contributed by atoms with Gasteiger partial charge in [0.15, 0.2) is 5.82 Å². The zero-order valence-corrected chi connectivity index (χ0v) is 20.2. The van der Waals surface area contributed by atoms with Crippen molar-refractivity contribution in [1.29, 1.82) is 0 Å². The number of hydrogen-bond donors (Lipinski definition) is 3. The molecule has 2 atom stereocenters. The molecule has 34 heavy (non-hydrogen) atoms. The van der Waals surface area contributed by atoms with Crippen LogP contribution in [0.3, 0.4) is 0 Å². The highest BCUT2D eigenvalue weighted by atomic mass is 16.2. The molecule has 2 aliphatic heterocycles. The van der Waals surface area contributed by atoms with E-state index in [1.807, 2.05) is 11.0 Å². The van der Waals surface area contributed by atoms with Crippen LogP contribution in [0.25, 0.3) is 0 Å². The molecular weight excluding hydrogens is 432 g/mol. The maximum atomic E-state index is 13.2. The number of aromatic amines is 1. The fraction of sp³-hybridized carbons (Fsp3) is 0.625. The Balaban J connectivity index is 1.34. The van der Waals surface area contributed by atoms with Gasteiger partial charge in [0, 0.05) is 49.9 Å². The predicted octanol–water partition coefficient (Wildman–Crippen LogP) is 2.26. The monoisotopic (exact) mass is 466 g/mol. The summed E-state index contributed by atoms with van der Waals surface area (Å²) >= 11 is 0. The van der Waals surface area contributed by atoms with E-state index in [9.17, 15) is 9.59 Å². The number of anilines is 3. The summed E-state index contributed by atoms with van der Waals surface area (Å²) in [6.45, 7) is 7.86. The Kier molecular flexibility index (Phi) is 6.14. The van der Waals surface area contributed by atoms with Gasteiger partial charge in [-0.2, -0.15) is 10.1 Å². The van der Waals surface area contributed by atoms with E-state index in [0.717, 1.165) is 73.7 Å². The fourth-order valence-corrected chi connectivity index (χ4v) is 5.21. The lowest BCUT2D eigenvalue weighted by molar-refractivity contribution is -0.128. The van der Waals surface area contributed by atoms with E-state index in [-0.39, 0.29) is 23.9 Å². The molecule has 3 N–H and O–H groups in total. The summed E-state index contributed by atoms with van der Waals surface area (Å²) in [4.78, 5) is 38.4. The molecule has 2 fully saturated rings. The van der Waals surface area contributed by atoms with Crippen LogP contribution in [-0.2, 0) is 22.4 Å². The molecular formula is C24H34N8O2. The number of nitrogens with zero attached hydrogens (tertiary/aromatic N) is 5. The average molecular weight is 467 g/mol. The van der Waals surface area contributed by atoms with Gasteiger partial charge < -0.3 is 20.4 Å². The SMILES string of the molecule is CC(=O)N1CC[C@@H](NC(=O)[C@@H]2CCCN2c2nc3c(c(Nc4cc(C(C)C)[nH]n4)n2)CCC3)C1. The largest absolute Gasteiger partial charge is 0.350 e. The van der Waals surface area contributed by atoms with E-state index < -0.39 is 0 Å². The van der Waals surface area contributed by atoms with E-state index in [4.69, 9.17) is 9.97 Å². The number of carbonyl (C=O) groups excluding carboxylic acids is 2. The molecule has 0 saturated carbocycles. The number of fused-ring (bicyclic) bond motifs is 1. The number of aromatic nitrogens is 4. The Morgan fingerprint density at radius 3 is 2.74 bits per heavy atom. The Bertz CT molecular complexity index is 1080. The predicted molar refractivity (Wildman–Crippen MR) is 129 cm³/mol. The molecule has 4 heterocycles. The van der Waals surface area contributed by atoms with Gasteiger partial charge in [-0.25, -0.2) is 4.98 Å². The first-order valence-electron chi connectivity index (χ1n) is 12.4. The van der Waals surface area contributed by atoms with Gasteiger partial charge in [0.25, 0.3) is 0 Å². The zero-order valence-electron chi connectivity index (χ0n) is 20.2. The lowest BCUT2D eigenvalue weighted by Gasteiger charge is -2.26. The number of likely N-dealkylation sites (tertiary alicyclic amines) is 1. The third kappa shape index (κ3) is 4.45. The molecule has 1 aliphatic carbocycles. The van der Waals surface area contributed by atoms with Gasteiger partial charge in [-0.1, -0.05) is 13.8 Å². The number of nitrogens with one attached hydrogen (secondary N) is 3. The van der Waals surface area contributed by atoms with Crippen LogP contribution >= 0.6 is 0 Å². The summed E-state index contributed by atoms with van der Waals surface area (Å²) in [6.07, 6.45) is 5.41. The van der Waals surface area contributed by atoms with Crippen LogP contribution in [0.2, 0.25) is 0 Å². The van der Waals surface area contributed by atoms with Crippen LogP contribution < -0.4 is 15.5 Å². The molecule has 0 aromatic carbocycles. The van der Waals surface area contributed by atoms with E-state index in [2.05, 4.69) is 34.7 Å². The van der Waals surface area contributed by atoms with Crippen molar-refractivity contribution in [3.63, 3.8) is 0 Å². The van der Waals surface area contributed by atoms with E-state index in [1.165, 1.54) is 0 Å². The summed E-state index contributed by atoms with van der Waals surface area (Å²) in [6, 6.07) is 1.73. The molecule has 2 amide bonds. The molecule has 0 radical (unpaired) electrons.